The average molecular weight is 456 g/mol. The first-order valence-corrected chi connectivity index (χ1v) is 11.7. The molecule has 0 radical (unpaired) electrons. The second-order valence-electron chi connectivity index (χ2n) is 7.13. The van der Waals surface area contributed by atoms with Gasteiger partial charge in [-0.3, -0.25) is 0 Å². The third kappa shape index (κ3) is 4.74. The van der Waals surface area contributed by atoms with Crippen molar-refractivity contribution >= 4 is 33.1 Å². The van der Waals surface area contributed by atoms with E-state index in [-0.39, 0.29) is 4.90 Å². The molecule has 4 rings (SSSR count). The van der Waals surface area contributed by atoms with Crippen molar-refractivity contribution in [2.24, 2.45) is 10.1 Å². The second-order valence-corrected chi connectivity index (χ2v) is 9.11. The summed E-state index contributed by atoms with van der Waals surface area (Å²) in [5.74, 6) is 1.20. The number of hydrogen-bond donors (Lipinski definition) is 2. The maximum absolute atomic E-state index is 12.8. The number of aryl methyl sites for hydroxylation is 1. The van der Waals surface area contributed by atoms with Crippen molar-refractivity contribution in [2.75, 3.05) is 5.32 Å². The summed E-state index contributed by atoms with van der Waals surface area (Å²) in [6.45, 7) is 0.472. The lowest BCUT2D eigenvalue weighted by Crippen LogP contribution is -2.22. The first-order chi connectivity index (χ1) is 15.0. The van der Waals surface area contributed by atoms with E-state index in [9.17, 15) is 8.42 Å². The van der Waals surface area contributed by atoms with Gasteiger partial charge in [0.15, 0.2) is 5.75 Å². The number of amidine groups is 1. The van der Waals surface area contributed by atoms with Crippen LogP contribution in [-0.2, 0) is 23.0 Å². The van der Waals surface area contributed by atoms with E-state index in [2.05, 4.69) is 9.71 Å². The normalized spacial score (nSPS) is 14.3. The van der Waals surface area contributed by atoms with Crippen LogP contribution in [-0.4, -0.2) is 14.3 Å². The zero-order valence-electron chi connectivity index (χ0n) is 16.7. The van der Waals surface area contributed by atoms with Crippen LogP contribution in [0.5, 0.6) is 11.5 Å². The van der Waals surface area contributed by atoms with Crippen LogP contribution in [0.1, 0.15) is 24.0 Å². The number of rotatable bonds is 7. The number of ether oxygens (including phenoxy) is 1. The lowest BCUT2D eigenvalue weighted by Gasteiger charge is -2.21. The summed E-state index contributed by atoms with van der Waals surface area (Å²) < 4.78 is 35.4. The van der Waals surface area contributed by atoms with Gasteiger partial charge < -0.3 is 15.8 Å². The molecule has 0 bridgehead atoms. The zero-order valence-corrected chi connectivity index (χ0v) is 18.3. The fourth-order valence-electron chi connectivity index (χ4n) is 3.50. The molecule has 0 saturated heterocycles. The highest BCUT2D eigenvalue weighted by Gasteiger charge is 2.27. The molecule has 0 unspecified atom stereocenters. The number of sulfonamides is 1. The van der Waals surface area contributed by atoms with E-state index in [0.29, 0.717) is 41.0 Å². The predicted molar refractivity (Wildman–Crippen MR) is 123 cm³/mol. The predicted octanol–water partition coefficient (Wildman–Crippen LogP) is 5.13. The highest BCUT2D eigenvalue weighted by Crippen LogP contribution is 2.39. The van der Waals surface area contributed by atoms with E-state index in [1.807, 2.05) is 24.3 Å². The zero-order chi connectivity index (χ0) is 21.8. The van der Waals surface area contributed by atoms with Crippen molar-refractivity contribution in [1.82, 2.24) is 0 Å². The molecule has 3 aromatic carbocycles. The van der Waals surface area contributed by atoms with Gasteiger partial charge in [-0.05, 0) is 48.2 Å². The Morgan fingerprint density at radius 1 is 0.903 bits per heavy atom. The molecule has 6 nitrogen and oxygen atoms in total. The van der Waals surface area contributed by atoms with E-state index in [1.165, 1.54) is 6.07 Å². The minimum absolute atomic E-state index is 0.0780. The number of fused-ring (bicyclic) bond motifs is 1. The number of para-hydroxylation sites is 2. The Morgan fingerprint density at radius 2 is 1.61 bits per heavy atom. The van der Waals surface area contributed by atoms with Crippen molar-refractivity contribution in [3.63, 3.8) is 0 Å². The number of hydrogen-bond acceptors (Lipinski definition) is 5. The van der Waals surface area contributed by atoms with E-state index in [1.54, 1.807) is 36.4 Å². The molecule has 0 spiro atoms. The van der Waals surface area contributed by atoms with Crippen molar-refractivity contribution < 1.29 is 13.2 Å². The summed E-state index contributed by atoms with van der Waals surface area (Å²) in [5.41, 5.74) is 8.43. The van der Waals surface area contributed by atoms with Gasteiger partial charge >= 0.3 is 0 Å². The summed E-state index contributed by atoms with van der Waals surface area (Å²) in [6.07, 6.45) is 1.97. The Labute approximate surface area is 186 Å². The van der Waals surface area contributed by atoms with Gasteiger partial charge in [0, 0.05) is 13.0 Å². The Hall–Kier alpha value is -2.87. The SMILES string of the molecule is NCc1ccccc1CCCC1=NS(=O)(=O)c2cccc(Oc3ccccc3Cl)c2N1. The molecule has 1 aliphatic rings. The number of anilines is 1. The van der Waals surface area contributed by atoms with Gasteiger partial charge in [-0.15, -0.1) is 4.40 Å². The van der Waals surface area contributed by atoms with Crippen molar-refractivity contribution in [2.45, 2.75) is 30.7 Å². The lowest BCUT2D eigenvalue weighted by molar-refractivity contribution is 0.483. The Balaban J connectivity index is 1.55. The van der Waals surface area contributed by atoms with Crippen molar-refractivity contribution in [1.29, 1.82) is 0 Å². The molecule has 3 aromatic rings. The lowest BCUT2D eigenvalue weighted by atomic mass is 10.0. The second kappa shape index (κ2) is 9.09. The molecule has 1 aliphatic heterocycles. The molecule has 0 amide bonds. The van der Waals surface area contributed by atoms with Crippen LogP contribution in [0.4, 0.5) is 5.69 Å². The molecule has 8 heteroatoms. The smallest absolute Gasteiger partial charge is 0.286 e. The quantitative estimate of drug-likeness (QED) is 0.515. The van der Waals surface area contributed by atoms with Gasteiger partial charge in [-0.25, -0.2) is 0 Å². The highest BCUT2D eigenvalue weighted by atomic mass is 35.5. The van der Waals surface area contributed by atoms with Crippen LogP contribution in [0.15, 0.2) is 76.0 Å². The molecule has 0 fully saturated rings. The van der Waals surface area contributed by atoms with Crippen LogP contribution < -0.4 is 15.8 Å². The molecule has 3 N–H and O–H groups in total. The molecule has 0 aromatic heterocycles. The molecule has 160 valence electrons. The summed E-state index contributed by atoms with van der Waals surface area (Å²) in [7, 11) is -3.83. The summed E-state index contributed by atoms with van der Waals surface area (Å²) in [6, 6.07) is 19.8. The van der Waals surface area contributed by atoms with E-state index in [4.69, 9.17) is 22.1 Å². The Kier molecular flexibility index (Phi) is 6.27. The van der Waals surface area contributed by atoms with Gasteiger partial charge in [0.05, 0.1) is 5.02 Å². The fourth-order valence-corrected chi connectivity index (χ4v) is 4.86. The topological polar surface area (TPSA) is 93.8 Å². The van der Waals surface area contributed by atoms with Gasteiger partial charge in [0.25, 0.3) is 10.0 Å². The van der Waals surface area contributed by atoms with Crippen molar-refractivity contribution in [3.05, 3.63) is 82.9 Å². The van der Waals surface area contributed by atoms with Gasteiger partial charge in [-0.2, -0.15) is 8.42 Å². The minimum Gasteiger partial charge on any atom is -0.454 e. The third-order valence-corrected chi connectivity index (χ3v) is 6.69. The molecule has 0 atom stereocenters. The van der Waals surface area contributed by atoms with Gasteiger partial charge in [0.2, 0.25) is 0 Å². The van der Waals surface area contributed by atoms with Crippen molar-refractivity contribution in [3.8, 4) is 11.5 Å². The largest absolute Gasteiger partial charge is 0.454 e. The average Bonchev–Trinajstić information content (AvgIpc) is 2.76. The maximum Gasteiger partial charge on any atom is 0.286 e. The van der Waals surface area contributed by atoms with Gasteiger partial charge in [0.1, 0.15) is 22.2 Å². The first kappa shape index (κ1) is 21.4. The fraction of sp³-hybridized carbons (Fsp3) is 0.174. The van der Waals surface area contributed by atoms with Crippen LogP contribution in [0, 0.1) is 0 Å². The molecular formula is C23H22ClN3O3S. The highest BCUT2D eigenvalue weighted by molar-refractivity contribution is 7.90. The maximum atomic E-state index is 12.8. The van der Waals surface area contributed by atoms with Crippen LogP contribution in [0.3, 0.4) is 0 Å². The van der Waals surface area contributed by atoms with Crippen LogP contribution in [0.25, 0.3) is 0 Å². The standard InChI is InChI=1S/C23H22ClN3O3S/c24-18-10-3-4-11-19(18)30-20-12-6-13-21-23(20)26-22(27-31(21,28)29)14-5-9-16-7-1-2-8-17(16)15-25/h1-4,6-8,10-13H,5,9,14-15,25H2,(H,26,27). The molecule has 0 saturated carbocycles. The number of nitrogens with two attached hydrogens (primary N) is 1. The minimum atomic E-state index is -3.83. The van der Waals surface area contributed by atoms with Crippen LogP contribution in [0.2, 0.25) is 5.02 Å². The number of nitrogens with one attached hydrogen (secondary N) is 1. The number of benzene rings is 3. The van der Waals surface area contributed by atoms with E-state index >= 15 is 0 Å². The van der Waals surface area contributed by atoms with Gasteiger partial charge in [-0.1, -0.05) is 54.1 Å². The first-order valence-electron chi connectivity index (χ1n) is 9.91. The summed E-state index contributed by atoms with van der Waals surface area (Å²) in [5, 5.41) is 3.59. The number of halogens is 1. The summed E-state index contributed by atoms with van der Waals surface area (Å²) in [4.78, 5) is 0.0780. The Morgan fingerprint density at radius 3 is 2.39 bits per heavy atom. The molecule has 31 heavy (non-hydrogen) atoms. The van der Waals surface area contributed by atoms with E-state index in [0.717, 1.165) is 24.0 Å². The van der Waals surface area contributed by atoms with Crippen LogP contribution >= 0.6 is 11.6 Å². The van der Waals surface area contributed by atoms with E-state index < -0.39 is 10.0 Å². The third-order valence-electron chi connectivity index (χ3n) is 5.02. The summed E-state index contributed by atoms with van der Waals surface area (Å²) >= 11 is 6.20. The molecule has 0 aliphatic carbocycles. The molecule has 1 heterocycles. The Bertz CT molecular complexity index is 1240. The molecular weight excluding hydrogens is 434 g/mol. The monoisotopic (exact) mass is 455 g/mol. The number of nitrogens with zero attached hydrogens (tertiary/aromatic N) is 1.